The number of rotatable bonds is 7. The van der Waals surface area contributed by atoms with E-state index in [0.29, 0.717) is 11.3 Å². The summed E-state index contributed by atoms with van der Waals surface area (Å²) < 4.78 is 53.1. The summed E-state index contributed by atoms with van der Waals surface area (Å²) in [5.41, 5.74) is 3.01. The van der Waals surface area contributed by atoms with Gasteiger partial charge in [0.05, 0.1) is 16.8 Å². The highest BCUT2D eigenvalue weighted by molar-refractivity contribution is 7.92. The molecule has 0 saturated heterocycles. The fourth-order valence-corrected chi connectivity index (χ4v) is 4.93. The lowest BCUT2D eigenvalue weighted by Gasteiger charge is -2.25. The van der Waals surface area contributed by atoms with Crippen molar-refractivity contribution < 1.29 is 16.8 Å². The zero-order chi connectivity index (χ0) is 19.5. The smallest absolute Gasteiger partial charge is 0.240 e. The summed E-state index contributed by atoms with van der Waals surface area (Å²) in [6.07, 6.45) is 1.12. The van der Waals surface area contributed by atoms with Gasteiger partial charge in [-0.1, -0.05) is 30.3 Å². The molecule has 0 bridgehead atoms. The minimum absolute atomic E-state index is 0.00817. The average Bonchev–Trinajstić information content (AvgIpc) is 2.54. The summed E-state index contributed by atoms with van der Waals surface area (Å²) in [6, 6.07) is 12.1. The molecular formula is C18H24N2O4S2. The zero-order valence-corrected chi connectivity index (χ0v) is 17.0. The van der Waals surface area contributed by atoms with Gasteiger partial charge in [0.25, 0.3) is 0 Å². The maximum absolute atomic E-state index is 12.5. The van der Waals surface area contributed by atoms with Crippen LogP contribution >= 0.6 is 0 Å². The van der Waals surface area contributed by atoms with Gasteiger partial charge in [-0.2, -0.15) is 0 Å². The molecule has 26 heavy (non-hydrogen) atoms. The van der Waals surface area contributed by atoms with Gasteiger partial charge in [-0.05, 0) is 49.6 Å². The molecule has 142 valence electrons. The second-order valence-corrected chi connectivity index (χ2v) is 9.86. The molecule has 0 aromatic heterocycles. The molecule has 0 spiro atoms. The minimum Gasteiger partial charge on any atom is -0.269 e. The highest BCUT2D eigenvalue weighted by Gasteiger charge is 2.21. The van der Waals surface area contributed by atoms with Crippen molar-refractivity contribution in [2.45, 2.75) is 25.7 Å². The molecule has 1 N–H and O–H groups in total. The number of hydrogen-bond donors (Lipinski definition) is 1. The second-order valence-electron chi connectivity index (χ2n) is 6.22. The van der Waals surface area contributed by atoms with Crippen molar-refractivity contribution in [2.75, 3.05) is 23.7 Å². The first-order valence-corrected chi connectivity index (χ1v) is 11.5. The topological polar surface area (TPSA) is 83.6 Å². The molecule has 6 nitrogen and oxygen atoms in total. The number of aryl methyl sites for hydroxylation is 2. The Morgan fingerprint density at radius 1 is 0.885 bits per heavy atom. The van der Waals surface area contributed by atoms with E-state index in [-0.39, 0.29) is 18.0 Å². The van der Waals surface area contributed by atoms with Crippen LogP contribution in [0.25, 0.3) is 0 Å². The molecule has 0 amide bonds. The van der Waals surface area contributed by atoms with Crippen LogP contribution in [0.2, 0.25) is 0 Å². The van der Waals surface area contributed by atoms with E-state index in [1.54, 1.807) is 37.3 Å². The van der Waals surface area contributed by atoms with Crippen LogP contribution in [-0.2, 0) is 20.0 Å². The Morgan fingerprint density at radius 3 is 2.12 bits per heavy atom. The fourth-order valence-electron chi connectivity index (χ4n) is 2.69. The van der Waals surface area contributed by atoms with Crippen LogP contribution in [0, 0.1) is 20.8 Å². The van der Waals surface area contributed by atoms with Gasteiger partial charge >= 0.3 is 0 Å². The summed E-state index contributed by atoms with van der Waals surface area (Å²) in [5, 5.41) is 0. The van der Waals surface area contributed by atoms with Crippen molar-refractivity contribution in [3.63, 3.8) is 0 Å². The van der Waals surface area contributed by atoms with Gasteiger partial charge in [-0.3, -0.25) is 4.31 Å². The van der Waals surface area contributed by atoms with Gasteiger partial charge in [0, 0.05) is 13.1 Å². The Balaban J connectivity index is 2.22. The van der Waals surface area contributed by atoms with Crippen LogP contribution < -0.4 is 9.03 Å². The molecule has 0 atom stereocenters. The molecule has 0 unspecified atom stereocenters. The quantitative estimate of drug-likeness (QED) is 0.779. The molecule has 0 aliphatic heterocycles. The summed E-state index contributed by atoms with van der Waals surface area (Å²) >= 11 is 0. The van der Waals surface area contributed by atoms with Crippen LogP contribution in [0.5, 0.6) is 0 Å². The van der Waals surface area contributed by atoms with E-state index in [4.69, 9.17) is 0 Å². The first-order valence-electron chi connectivity index (χ1n) is 8.13. The molecule has 0 fully saturated rings. The lowest BCUT2D eigenvalue weighted by molar-refractivity contribution is 0.578. The number of nitrogens with one attached hydrogen (secondary N) is 1. The highest BCUT2D eigenvalue weighted by atomic mass is 32.2. The first kappa shape index (κ1) is 20.4. The van der Waals surface area contributed by atoms with Gasteiger partial charge in [0.1, 0.15) is 0 Å². The Bertz CT molecular complexity index is 1000. The van der Waals surface area contributed by atoms with Gasteiger partial charge < -0.3 is 0 Å². The number of sulfonamides is 2. The van der Waals surface area contributed by atoms with Crippen LogP contribution in [-0.4, -0.2) is 36.2 Å². The van der Waals surface area contributed by atoms with Gasteiger partial charge in [-0.15, -0.1) is 0 Å². The van der Waals surface area contributed by atoms with Crippen LogP contribution in [0.1, 0.15) is 16.7 Å². The van der Waals surface area contributed by atoms with E-state index >= 15 is 0 Å². The van der Waals surface area contributed by atoms with Gasteiger partial charge in [0.2, 0.25) is 20.0 Å². The normalized spacial score (nSPS) is 12.2. The fraction of sp³-hybridized carbons (Fsp3) is 0.333. The summed E-state index contributed by atoms with van der Waals surface area (Å²) in [6.45, 7) is 5.44. The molecule has 0 aliphatic rings. The molecule has 2 rings (SSSR count). The van der Waals surface area contributed by atoms with E-state index in [0.717, 1.165) is 17.4 Å². The molecule has 8 heteroatoms. The Kier molecular flexibility index (Phi) is 6.10. The molecule has 0 radical (unpaired) electrons. The van der Waals surface area contributed by atoms with Crippen LogP contribution in [0.3, 0.4) is 0 Å². The first-order chi connectivity index (χ1) is 12.0. The lowest BCUT2D eigenvalue weighted by atomic mass is 10.1. The maximum Gasteiger partial charge on any atom is 0.240 e. The Hall–Kier alpha value is -1.90. The lowest BCUT2D eigenvalue weighted by Crippen LogP contribution is -2.38. The largest absolute Gasteiger partial charge is 0.269 e. The predicted molar refractivity (Wildman–Crippen MR) is 104 cm³/mol. The third-order valence-corrected chi connectivity index (χ3v) is 7.04. The molecule has 0 heterocycles. The van der Waals surface area contributed by atoms with Crippen molar-refractivity contribution >= 4 is 25.7 Å². The van der Waals surface area contributed by atoms with Crippen LogP contribution in [0.15, 0.2) is 47.4 Å². The van der Waals surface area contributed by atoms with Crippen molar-refractivity contribution in [1.29, 1.82) is 0 Å². The predicted octanol–water partition coefficient (Wildman–Crippen LogP) is 2.36. The standard InChI is InChI=1S/C18H24N2O4S2/c1-14-9-7-10-17(16(14)3)20(25(4,21)22)13-12-19-26(23,24)18-11-6-5-8-15(18)2/h5-11,19H,12-13H2,1-4H3. The van der Waals surface area contributed by atoms with Crippen molar-refractivity contribution in [2.24, 2.45) is 0 Å². The van der Waals surface area contributed by atoms with Crippen molar-refractivity contribution in [3.05, 3.63) is 59.2 Å². The van der Waals surface area contributed by atoms with E-state index in [1.165, 1.54) is 10.4 Å². The Labute approximate surface area is 156 Å². The van der Waals surface area contributed by atoms with Crippen LogP contribution in [0.4, 0.5) is 5.69 Å². The van der Waals surface area contributed by atoms with E-state index in [9.17, 15) is 16.8 Å². The highest BCUT2D eigenvalue weighted by Crippen LogP contribution is 2.24. The second kappa shape index (κ2) is 7.77. The minimum atomic E-state index is -3.70. The summed E-state index contributed by atoms with van der Waals surface area (Å²) in [5.74, 6) is 0. The van der Waals surface area contributed by atoms with Crippen molar-refractivity contribution in [1.82, 2.24) is 4.72 Å². The van der Waals surface area contributed by atoms with Gasteiger partial charge in [0.15, 0.2) is 0 Å². The molecule has 0 saturated carbocycles. The number of nitrogens with zero attached hydrogens (tertiary/aromatic N) is 1. The summed E-state index contributed by atoms with van der Waals surface area (Å²) in [7, 11) is -7.25. The number of benzene rings is 2. The van der Waals surface area contributed by atoms with E-state index < -0.39 is 20.0 Å². The molecule has 2 aromatic rings. The van der Waals surface area contributed by atoms with Crippen molar-refractivity contribution in [3.8, 4) is 0 Å². The monoisotopic (exact) mass is 396 g/mol. The van der Waals surface area contributed by atoms with E-state index in [1.807, 2.05) is 19.9 Å². The third-order valence-electron chi connectivity index (χ3n) is 4.24. The average molecular weight is 397 g/mol. The Morgan fingerprint density at radius 2 is 1.50 bits per heavy atom. The third kappa shape index (κ3) is 4.63. The van der Waals surface area contributed by atoms with Gasteiger partial charge in [-0.25, -0.2) is 21.6 Å². The number of hydrogen-bond acceptors (Lipinski definition) is 4. The molecule has 2 aromatic carbocycles. The zero-order valence-electron chi connectivity index (χ0n) is 15.4. The van der Waals surface area contributed by atoms with E-state index in [2.05, 4.69) is 4.72 Å². The maximum atomic E-state index is 12.5. The number of anilines is 1. The molecule has 0 aliphatic carbocycles. The SMILES string of the molecule is Cc1ccccc1S(=O)(=O)NCCN(c1cccc(C)c1C)S(C)(=O)=O. The summed E-state index contributed by atoms with van der Waals surface area (Å²) in [4.78, 5) is 0.192. The molecular weight excluding hydrogens is 372 g/mol.